The molecule has 30 heavy (non-hydrogen) atoms. The van der Waals surface area contributed by atoms with E-state index >= 15 is 0 Å². The summed E-state index contributed by atoms with van der Waals surface area (Å²) >= 11 is 1.44. The lowest BCUT2D eigenvalue weighted by Gasteiger charge is -2.34. The predicted octanol–water partition coefficient (Wildman–Crippen LogP) is 2.41. The number of benzene rings is 2. The van der Waals surface area contributed by atoms with Crippen molar-refractivity contribution < 1.29 is 22.4 Å². The van der Waals surface area contributed by atoms with Crippen LogP contribution in [0.15, 0.2) is 52.3 Å². The SMILES string of the molecule is CC1Sc2ccc(C(=O)N3CCN(S(=O)(=O)c4ccc(F)cc4)CC3)cc2NC1=O. The number of thioether (sulfide) groups is 1. The Balaban J connectivity index is 1.44. The number of halogens is 1. The number of nitrogens with one attached hydrogen (secondary N) is 1. The van der Waals surface area contributed by atoms with E-state index < -0.39 is 15.8 Å². The van der Waals surface area contributed by atoms with Crippen LogP contribution < -0.4 is 5.32 Å². The number of hydrogen-bond acceptors (Lipinski definition) is 5. The molecule has 0 radical (unpaired) electrons. The Hall–Kier alpha value is -2.43. The third-order valence-corrected chi connectivity index (χ3v) is 8.23. The van der Waals surface area contributed by atoms with Crippen LogP contribution in [0.5, 0.6) is 0 Å². The van der Waals surface area contributed by atoms with Crippen molar-refractivity contribution in [3.63, 3.8) is 0 Å². The lowest BCUT2D eigenvalue weighted by Crippen LogP contribution is -2.50. The summed E-state index contributed by atoms with van der Waals surface area (Å²) in [6, 6.07) is 9.90. The molecule has 2 aromatic carbocycles. The fourth-order valence-corrected chi connectivity index (χ4v) is 5.76. The minimum atomic E-state index is -3.74. The first-order valence-electron chi connectivity index (χ1n) is 9.42. The van der Waals surface area contributed by atoms with Crippen molar-refractivity contribution in [3.8, 4) is 0 Å². The first-order valence-corrected chi connectivity index (χ1v) is 11.7. The number of hydrogen-bond donors (Lipinski definition) is 1. The maximum atomic E-state index is 13.1. The van der Waals surface area contributed by atoms with Crippen molar-refractivity contribution in [2.24, 2.45) is 0 Å². The predicted molar refractivity (Wildman–Crippen MR) is 111 cm³/mol. The molecule has 1 atom stereocenters. The molecule has 2 amide bonds. The van der Waals surface area contributed by atoms with E-state index in [2.05, 4.69) is 5.32 Å². The molecule has 1 fully saturated rings. The molecule has 7 nitrogen and oxygen atoms in total. The van der Waals surface area contributed by atoms with E-state index in [-0.39, 0.29) is 48.1 Å². The van der Waals surface area contributed by atoms with Gasteiger partial charge in [0.1, 0.15) is 5.82 Å². The van der Waals surface area contributed by atoms with Crippen molar-refractivity contribution in [3.05, 3.63) is 53.8 Å². The van der Waals surface area contributed by atoms with Gasteiger partial charge < -0.3 is 10.2 Å². The van der Waals surface area contributed by atoms with Gasteiger partial charge in [-0.15, -0.1) is 11.8 Å². The topological polar surface area (TPSA) is 86.8 Å². The highest BCUT2D eigenvalue weighted by Crippen LogP contribution is 2.36. The lowest BCUT2D eigenvalue weighted by molar-refractivity contribution is -0.115. The number of piperazine rings is 1. The minimum Gasteiger partial charge on any atom is -0.336 e. The van der Waals surface area contributed by atoms with Crippen LogP contribution in [0.2, 0.25) is 0 Å². The molecule has 10 heteroatoms. The number of carbonyl (C=O) groups is 2. The van der Waals surface area contributed by atoms with Crippen LogP contribution in [0.4, 0.5) is 10.1 Å². The third-order valence-electron chi connectivity index (χ3n) is 5.13. The summed E-state index contributed by atoms with van der Waals surface area (Å²) in [5.41, 5.74) is 1.06. The minimum absolute atomic E-state index is 0.0285. The van der Waals surface area contributed by atoms with E-state index in [0.717, 1.165) is 17.0 Å². The van der Waals surface area contributed by atoms with Crippen LogP contribution in [-0.4, -0.2) is 60.9 Å². The van der Waals surface area contributed by atoms with Gasteiger partial charge in [-0.2, -0.15) is 4.31 Å². The molecular formula is C20H20FN3O4S2. The average molecular weight is 450 g/mol. The molecule has 0 bridgehead atoms. The summed E-state index contributed by atoms with van der Waals surface area (Å²) < 4.78 is 39.8. The lowest BCUT2D eigenvalue weighted by atomic mass is 10.1. The maximum Gasteiger partial charge on any atom is 0.254 e. The molecule has 0 aromatic heterocycles. The second kappa shape index (κ2) is 8.01. The zero-order valence-corrected chi connectivity index (χ0v) is 17.8. The fraction of sp³-hybridized carbons (Fsp3) is 0.300. The number of fused-ring (bicyclic) bond motifs is 1. The number of nitrogens with zero attached hydrogens (tertiary/aromatic N) is 2. The number of sulfonamides is 1. The summed E-state index contributed by atoms with van der Waals surface area (Å²) in [6.07, 6.45) is 0. The summed E-state index contributed by atoms with van der Waals surface area (Å²) in [5, 5.41) is 2.63. The molecule has 1 unspecified atom stereocenters. The normalized spacial score (nSPS) is 19.9. The van der Waals surface area contributed by atoms with Crippen LogP contribution in [0.1, 0.15) is 17.3 Å². The molecule has 1 N–H and O–H groups in total. The fourth-order valence-electron chi connectivity index (χ4n) is 3.41. The van der Waals surface area contributed by atoms with Gasteiger partial charge in [0.05, 0.1) is 15.8 Å². The second-order valence-electron chi connectivity index (χ2n) is 7.11. The first-order chi connectivity index (χ1) is 14.3. The van der Waals surface area contributed by atoms with Gasteiger partial charge in [0.25, 0.3) is 5.91 Å². The molecule has 2 heterocycles. The molecule has 158 valence electrons. The van der Waals surface area contributed by atoms with Gasteiger partial charge in [-0.05, 0) is 49.4 Å². The Bertz CT molecular complexity index is 1100. The Labute approximate surface area is 178 Å². The Morgan fingerprint density at radius 1 is 1.10 bits per heavy atom. The van der Waals surface area contributed by atoms with Gasteiger partial charge in [-0.25, -0.2) is 12.8 Å². The van der Waals surface area contributed by atoms with Crippen LogP contribution in [0.25, 0.3) is 0 Å². The molecule has 0 spiro atoms. The van der Waals surface area contributed by atoms with E-state index in [1.54, 1.807) is 17.0 Å². The highest BCUT2D eigenvalue weighted by Gasteiger charge is 2.31. The van der Waals surface area contributed by atoms with Gasteiger partial charge in [0.2, 0.25) is 15.9 Å². The van der Waals surface area contributed by atoms with Gasteiger partial charge in [0, 0.05) is 36.6 Å². The second-order valence-corrected chi connectivity index (χ2v) is 10.4. The molecule has 2 aliphatic heterocycles. The van der Waals surface area contributed by atoms with Crippen LogP contribution in [0, 0.1) is 5.82 Å². The van der Waals surface area contributed by atoms with Crippen molar-refractivity contribution in [2.45, 2.75) is 22.0 Å². The average Bonchev–Trinajstić information content (AvgIpc) is 2.74. The third kappa shape index (κ3) is 3.94. The summed E-state index contributed by atoms with van der Waals surface area (Å²) in [7, 11) is -3.74. The largest absolute Gasteiger partial charge is 0.336 e. The zero-order chi connectivity index (χ0) is 21.5. The quantitative estimate of drug-likeness (QED) is 0.778. The van der Waals surface area contributed by atoms with Crippen LogP contribution >= 0.6 is 11.8 Å². The molecule has 2 aromatic rings. The van der Waals surface area contributed by atoms with E-state index in [4.69, 9.17) is 0 Å². The van der Waals surface area contributed by atoms with Crippen molar-refractivity contribution in [2.75, 3.05) is 31.5 Å². The van der Waals surface area contributed by atoms with Gasteiger partial charge in [-0.1, -0.05) is 0 Å². The highest BCUT2D eigenvalue weighted by atomic mass is 32.2. The van der Waals surface area contributed by atoms with Crippen molar-refractivity contribution in [1.82, 2.24) is 9.21 Å². The van der Waals surface area contributed by atoms with Crippen molar-refractivity contribution in [1.29, 1.82) is 0 Å². The van der Waals surface area contributed by atoms with Gasteiger partial charge in [0.15, 0.2) is 0 Å². The molecular weight excluding hydrogens is 429 g/mol. The van der Waals surface area contributed by atoms with Crippen LogP contribution in [0.3, 0.4) is 0 Å². The summed E-state index contributed by atoms with van der Waals surface area (Å²) in [4.78, 5) is 27.3. The van der Waals surface area contributed by atoms with Crippen LogP contribution in [-0.2, 0) is 14.8 Å². The number of amides is 2. The van der Waals surface area contributed by atoms with Gasteiger partial charge in [-0.3, -0.25) is 9.59 Å². The molecule has 1 saturated heterocycles. The summed E-state index contributed by atoms with van der Waals surface area (Å²) in [5.74, 6) is -0.815. The van der Waals surface area contributed by atoms with E-state index in [0.29, 0.717) is 11.3 Å². The Morgan fingerprint density at radius 2 is 1.77 bits per heavy atom. The molecule has 0 saturated carbocycles. The number of carbonyl (C=O) groups excluding carboxylic acids is 2. The Morgan fingerprint density at radius 3 is 2.43 bits per heavy atom. The van der Waals surface area contributed by atoms with Crippen molar-refractivity contribution >= 4 is 39.3 Å². The standard InChI is InChI=1S/C20H20FN3O4S2/c1-13-19(25)22-17-12-14(2-7-18(17)29-13)20(26)23-8-10-24(11-9-23)30(27,28)16-5-3-15(21)4-6-16/h2-7,12-13H,8-11H2,1H3,(H,22,25). The van der Waals surface area contributed by atoms with E-state index in [9.17, 15) is 22.4 Å². The Kier molecular flexibility index (Phi) is 5.56. The first kappa shape index (κ1) is 20.8. The maximum absolute atomic E-state index is 13.1. The number of anilines is 1. The monoisotopic (exact) mass is 449 g/mol. The number of rotatable bonds is 3. The smallest absolute Gasteiger partial charge is 0.254 e. The van der Waals surface area contributed by atoms with Gasteiger partial charge >= 0.3 is 0 Å². The summed E-state index contributed by atoms with van der Waals surface area (Å²) in [6.45, 7) is 2.62. The van der Waals surface area contributed by atoms with E-state index in [1.807, 2.05) is 13.0 Å². The highest BCUT2D eigenvalue weighted by molar-refractivity contribution is 8.01. The van der Waals surface area contributed by atoms with E-state index in [1.165, 1.54) is 28.2 Å². The zero-order valence-electron chi connectivity index (χ0n) is 16.2. The molecule has 0 aliphatic carbocycles. The molecule has 2 aliphatic rings. The molecule has 4 rings (SSSR count).